The first-order valence-corrected chi connectivity index (χ1v) is 8.51. The van der Waals surface area contributed by atoms with Crippen molar-refractivity contribution in [2.45, 2.75) is 31.4 Å². The molecule has 0 aromatic heterocycles. The maximum absolute atomic E-state index is 12.1. The maximum atomic E-state index is 12.1. The average Bonchev–Trinajstić information content (AvgIpc) is 3.18. The molecule has 0 spiro atoms. The zero-order valence-corrected chi connectivity index (χ0v) is 12.5. The number of rotatable bonds is 5. The summed E-state index contributed by atoms with van der Waals surface area (Å²) in [6.45, 7) is 3.20. The number of benzene rings is 1. The summed E-state index contributed by atoms with van der Waals surface area (Å²) in [6, 6.07) is 9.68. The van der Waals surface area contributed by atoms with Gasteiger partial charge in [-0.05, 0) is 17.5 Å². The van der Waals surface area contributed by atoms with Crippen molar-refractivity contribution < 1.29 is 13.5 Å². The molecule has 5 heteroatoms. The molecule has 0 heterocycles. The quantitative estimate of drug-likeness (QED) is 0.895. The van der Waals surface area contributed by atoms with Crippen LogP contribution >= 0.6 is 0 Å². The van der Waals surface area contributed by atoms with E-state index in [9.17, 15) is 18.8 Å². The van der Waals surface area contributed by atoms with Crippen LogP contribution in [0.3, 0.4) is 0 Å². The molecule has 1 aromatic carbocycles. The Balaban J connectivity index is 2.42. The molecule has 108 valence electrons. The van der Waals surface area contributed by atoms with Crippen LogP contribution in [0, 0.1) is 16.7 Å². The monoisotopic (exact) mass is 293 g/mol. The molecule has 1 aliphatic rings. The van der Waals surface area contributed by atoms with E-state index in [2.05, 4.69) is 0 Å². The minimum Gasteiger partial charge on any atom is -0.395 e. The van der Waals surface area contributed by atoms with Gasteiger partial charge in [0.05, 0.1) is 17.9 Å². The van der Waals surface area contributed by atoms with E-state index >= 15 is 0 Å². The summed E-state index contributed by atoms with van der Waals surface area (Å²) >= 11 is 0. The summed E-state index contributed by atoms with van der Waals surface area (Å²) in [5, 5.41) is 18.1. The zero-order valence-electron chi connectivity index (χ0n) is 11.7. The average molecular weight is 293 g/mol. The van der Waals surface area contributed by atoms with E-state index in [1.54, 1.807) is 6.92 Å². The van der Waals surface area contributed by atoms with E-state index in [0.717, 1.165) is 17.5 Å². The van der Waals surface area contributed by atoms with E-state index in [0.29, 0.717) is 0 Å². The lowest BCUT2D eigenvalue weighted by molar-refractivity contribution is 0.242. The fourth-order valence-corrected chi connectivity index (χ4v) is 4.91. The number of nitriles is 1. The highest BCUT2D eigenvalue weighted by Gasteiger charge is 2.71. The maximum Gasteiger partial charge on any atom is 0.155 e. The number of hydrogen-bond acceptors (Lipinski definition) is 4. The lowest BCUT2D eigenvalue weighted by atomic mass is 10.00. The smallest absolute Gasteiger partial charge is 0.155 e. The Morgan fingerprint density at radius 3 is 2.30 bits per heavy atom. The van der Waals surface area contributed by atoms with Crippen LogP contribution in [0.15, 0.2) is 24.3 Å². The predicted molar refractivity (Wildman–Crippen MR) is 76.9 cm³/mol. The third-order valence-electron chi connectivity index (χ3n) is 4.26. The second-order valence-electron chi connectivity index (χ2n) is 5.26. The Labute approximate surface area is 120 Å². The Bertz CT molecular complexity index is 630. The SMILES string of the molecule is CCc1ccc([C@@H]2[C@@H](S(=O)(=O)CC)[C@]2(C#N)CO)cc1. The van der Waals surface area contributed by atoms with Gasteiger partial charge in [0, 0.05) is 11.7 Å². The van der Waals surface area contributed by atoms with Crippen LogP contribution in [0.25, 0.3) is 0 Å². The van der Waals surface area contributed by atoms with Crippen molar-refractivity contribution in [1.82, 2.24) is 0 Å². The van der Waals surface area contributed by atoms with Gasteiger partial charge in [0.1, 0.15) is 5.41 Å². The lowest BCUT2D eigenvalue weighted by Gasteiger charge is -2.04. The van der Waals surface area contributed by atoms with Gasteiger partial charge in [-0.2, -0.15) is 5.26 Å². The highest BCUT2D eigenvalue weighted by molar-refractivity contribution is 7.92. The molecule has 0 radical (unpaired) electrons. The normalized spacial score (nSPS) is 28.9. The highest BCUT2D eigenvalue weighted by Crippen LogP contribution is 2.62. The highest BCUT2D eigenvalue weighted by atomic mass is 32.2. The van der Waals surface area contributed by atoms with E-state index in [-0.39, 0.29) is 5.75 Å². The summed E-state index contributed by atoms with van der Waals surface area (Å²) in [7, 11) is -3.35. The van der Waals surface area contributed by atoms with Crippen LogP contribution in [0.4, 0.5) is 0 Å². The Morgan fingerprint density at radius 2 is 1.90 bits per heavy atom. The molecular weight excluding hydrogens is 274 g/mol. The Kier molecular flexibility index (Phi) is 3.90. The second-order valence-corrected chi connectivity index (χ2v) is 7.67. The fourth-order valence-electron chi connectivity index (χ4n) is 2.90. The molecule has 0 amide bonds. The van der Waals surface area contributed by atoms with Crippen LogP contribution < -0.4 is 0 Å². The molecule has 1 aromatic rings. The van der Waals surface area contributed by atoms with Crippen LogP contribution in [-0.2, 0) is 16.3 Å². The van der Waals surface area contributed by atoms with Crippen molar-refractivity contribution in [3.63, 3.8) is 0 Å². The van der Waals surface area contributed by atoms with Crippen molar-refractivity contribution in [3.8, 4) is 6.07 Å². The summed E-state index contributed by atoms with van der Waals surface area (Å²) in [4.78, 5) is 0. The van der Waals surface area contributed by atoms with Gasteiger partial charge in [0.25, 0.3) is 0 Å². The minimum absolute atomic E-state index is 0.00929. The van der Waals surface area contributed by atoms with E-state index in [1.165, 1.54) is 0 Å². The van der Waals surface area contributed by atoms with Crippen molar-refractivity contribution in [1.29, 1.82) is 5.26 Å². The second kappa shape index (κ2) is 5.19. The fraction of sp³-hybridized carbons (Fsp3) is 0.533. The summed E-state index contributed by atoms with van der Waals surface area (Å²) in [5.41, 5.74) is 0.804. The first-order chi connectivity index (χ1) is 9.46. The molecule has 20 heavy (non-hydrogen) atoms. The minimum atomic E-state index is -3.35. The molecule has 0 bridgehead atoms. The number of aliphatic hydroxyl groups is 1. The Morgan fingerprint density at radius 1 is 1.30 bits per heavy atom. The van der Waals surface area contributed by atoms with Crippen molar-refractivity contribution >= 4 is 9.84 Å². The number of nitrogens with zero attached hydrogens (tertiary/aromatic N) is 1. The van der Waals surface area contributed by atoms with Gasteiger partial charge in [-0.1, -0.05) is 38.1 Å². The van der Waals surface area contributed by atoms with Crippen LogP contribution in [0.2, 0.25) is 0 Å². The number of aryl methyl sites for hydroxylation is 1. The molecule has 0 saturated heterocycles. The summed E-state index contributed by atoms with van der Waals surface area (Å²) in [6.07, 6.45) is 0.908. The molecule has 3 atom stereocenters. The van der Waals surface area contributed by atoms with Crippen molar-refractivity contribution in [2.75, 3.05) is 12.4 Å². The summed E-state index contributed by atoms with van der Waals surface area (Å²) in [5.74, 6) is -0.432. The molecule has 4 nitrogen and oxygen atoms in total. The van der Waals surface area contributed by atoms with E-state index < -0.39 is 33.0 Å². The first-order valence-electron chi connectivity index (χ1n) is 6.79. The van der Waals surface area contributed by atoms with Gasteiger partial charge in [-0.25, -0.2) is 8.42 Å². The van der Waals surface area contributed by atoms with E-state index in [4.69, 9.17) is 0 Å². The van der Waals surface area contributed by atoms with Gasteiger partial charge < -0.3 is 5.11 Å². The van der Waals surface area contributed by atoms with E-state index in [1.807, 2.05) is 37.3 Å². The molecular formula is C15H19NO3S. The first kappa shape index (κ1) is 15.0. The molecule has 1 N–H and O–H groups in total. The largest absolute Gasteiger partial charge is 0.395 e. The van der Waals surface area contributed by atoms with Gasteiger partial charge >= 0.3 is 0 Å². The molecule has 1 saturated carbocycles. The summed E-state index contributed by atoms with van der Waals surface area (Å²) < 4.78 is 24.3. The van der Waals surface area contributed by atoms with Crippen LogP contribution in [0.5, 0.6) is 0 Å². The van der Waals surface area contributed by atoms with Crippen LogP contribution in [0.1, 0.15) is 30.9 Å². The van der Waals surface area contributed by atoms with Crippen molar-refractivity contribution in [2.24, 2.45) is 5.41 Å². The lowest BCUT2D eigenvalue weighted by Crippen LogP contribution is -2.19. The zero-order chi connectivity index (χ0) is 15.0. The topological polar surface area (TPSA) is 78.2 Å². The molecule has 1 fully saturated rings. The van der Waals surface area contributed by atoms with Gasteiger partial charge in [0.2, 0.25) is 0 Å². The molecule has 2 rings (SSSR count). The van der Waals surface area contributed by atoms with Crippen LogP contribution in [-0.4, -0.2) is 31.1 Å². The third-order valence-corrected chi connectivity index (χ3v) is 6.53. The standard InChI is InChI=1S/C15H19NO3S/c1-3-11-5-7-12(8-6-11)13-14(20(18,19)4-2)15(13,9-16)10-17/h5-8,13-14,17H,3-4,10H2,1-2H3/t13-,14-,15-/m1/s1. The van der Waals surface area contributed by atoms with Gasteiger partial charge in [0.15, 0.2) is 9.84 Å². The number of sulfone groups is 1. The number of hydrogen-bond donors (Lipinski definition) is 1. The number of aliphatic hydroxyl groups excluding tert-OH is 1. The third kappa shape index (κ3) is 2.13. The molecule has 0 unspecified atom stereocenters. The van der Waals surface area contributed by atoms with Crippen molar-refractivity contribution in [3.05, 3.63) is 35.4 Å². The Hall–Kier alpha value is -1.38. The molecule has 0 aliphatic heterocycles. The van der Waals surface area contributed by atoms with Gasteiger partial charge in [-0.15, -0.1) is 0 Å². The van der Waals surface area contributed by atoms with Gasteiger partial charge in [-0.3, -0.25) is 0 Å². The predicted octanol–water partition coefficient (Wildman–Crippen LogP) is 1.65. The molecule has 1 aliphatic carbocycles.